The van der Waals surface area contributed by atoms with Gasteiger partial charge in [0.2, 0.25) is 0 Å². The molecule has 0 saturated heterocycles. The van der Waals surface area contributed by atoms with Crippen LogP contribution in [-0.2, 0) is 11.3 Å². The number of nitrogens with zero attached hydrogens (tertiary/aromatic N) is 2. The van der Waals surface area contributed by atoms with Crippen LogP contribution in [0, 0.1) is 11.8 Å². The molecule has 0 bridgehead atoms. The summed E-state index contributed by atoms with van der Waals surface area (Å²) in [6.45, 7) is 6.10. The first-order chi connectivity index (χ1) is 13.9. The van der Waals surface area contributed by atoms with Crippen molar-refractivity contribution >= 4 is 29.1 Å². The zero-order chi connectivity index (χ0) is 20.7. The molecule has 7 heteroatoms. The third-order valence-corrected chi connectivity index (χ3v) is 4.33. The van der Waals surface area contributed by atoms with Gasteiger partial charge in [-0.25, -0.2) is 14.8 Å². The lowest BCUT2D eigenvalue weighted by molar-refractivity contribution is 0.0635. The SMILES string of the molecule is CC(C)(C)OC(=O)Nc1ncsc1C#Cc1ccnc(NCc2ccccc2)c1. The second-order valence-corrected chi connectivity index (χ2v) is 8.03. The summed E-state index contributed by atoms with van der Waals surface area (Å²) >= 11 is 1.35. The second-order valence-electron chi connectivity index (χ2n) is 7.18. The Balaban J connectivity index is 1.66. The largest absolute Gasteiger partial charge is 0.444 e. The van der Waals surface area contributed by atoms with Gasteiger partial charge in [-0.05, 0) is 44.4 Å². The minimum atomic E-state index is -0.577. The molecule has 0 aliphatic heterocycles. The second kappa shape index (κ2) is 9.22. The van der Waals surface area contributed by atoms with E-state index in [0.29, 0.717) is 17.2 Å². The van der Waals surface area contributed by atoms with E-state index in [2.05, 4.69) is 44.6 Å². The van der Waals surface area contributed by atoms with Crippen LogP contribution in [0.4, 0.5) is 16.4 Å². The van der Waals surface area contributed by atoms with Gasteiger partial charge < -0.3 is 10.1 Å². The molecule has 0 radical (unpaired) electrons. The number of aromatic nitrogens is 2. The number of hydrogen-bond donors (Lipinski definition) is 2. The van der Waals surface area contributed by atoms with Gasteiger partial charge >= 0.3 is 6.09 Å². The summed E-state index contributed by atoms with van der Waals surface area (Å²) in [4.78, 5) is 21.1. The summed E-state index contributed by atoms with van der Waals surface area (Å²) in [6.07, 6.45) is 1.16. The molecular weight excluding hydrogens is 384 g/mol. The minimum absolute atomic E-state index is 0.397. The van der Waals surface area contributed by atoms with Gasteiger partial charge in [0, 0.05) is 18.3 Å². The van der Waals surface area contributed by atoms with Gasteiger partial charge in [-0.3, -0.25) is 5.32 Å². The van der Waals surface area contributed by atoms with E-state index in [1.165, 1.54) is 16.9 Å². The monoisotopic (exact) mass is 406 g/mol. The van der Waals surface area contributed by atoms with Gasteiger partial charge in [0.15, 0.2) is 5.82 Å². The number of thiazole rings is 1. The van der Waals surface area contributed by atoms with E-state index in [9.17, 15) is 4.79 Å². The van der Waals surface area contributed by atoms with E-state index in [-0.39, 0.29) is 0 Å². The molecular formula is C22H22N4O2S. The maximum absolute atomic E-state index is 12.0. The highest BCUT2D eigenvalue weighted by atomic mass is 32.1. The highest BCUT2D eigenvalue weighted by Crippen LogP contribution is 2.19. The lowest BCUT2D eigenvalue weighted by Gasteiger charge is -2.19. The molecule has 0 unspecified atom stereocenters. The van der Waals surface area contributed by atoms with Gasteiger partial charge in [0.25, 0.3) is 0 Å². The smallest absolute Gasteiger partial charge is 0.413 e. The zero-order valence-corrected chi connectivity index (χ0v) is 17.3. The number of carbonyl (C=O) groups excluding carboxylic acids is 1. The lowest BCUT2D eigenvalue weighted by atomic mass is 10.2. The number of benzene rings is 1. The number of hydrogen-bond acceptors (Lipinski definition) is 6. The molecule has 2 N–H and O–H groups in total. The fourth-order valence-electron chi connectivity index (χ4n) is 2.35. The fourth-order valence-corrected chi connectivity index (χ4v) is 2.94. The average Bonchev–Trinajstić information content (AvgIpc) is 3.11. The Morgan fingerprint density at radius 2 is 1.93 bits per heavy atom. The summed E-state index contributed by atoms with van der Waals surface area (Å²) in [5, 5.41) is 5.94. The molecule has 6 nitrogen and oxygen atoms in total. The Morgan fingerprint density at radius 3 is 2.69 bits per heavy atom. The average molecular weight is 407 g/mol. The maximum Gasteiger partial charge on any atom is 0.413 e. The van der Waals surface area contributed by atoms with Gasteiger partial charge in [-0.15, -0.1) is 11.3 Å². The van der Waals surface area contributed by atoms with Gasteiger partial charge in [0.05, 0.1) is 5.51 Å². The van der Waals surface area contributed by atoms with Crippen molar-refractivity contribution in [2.45, 2.75) is 32.9 Å². The van der Waals surface area contributed by atoms with Crippen molar-refractivity contribution in [3.05, 3.63) is 70.2 Å². The Kier molecular flexibility index (Phi) is 6.47. The van der Waals surface area contributed by atoms with Crippen LogP contribution >= 0.6 is 11.3 Å². The molecule has 1 aromatic carbocycles. The predicted octanol–water partition coefficient (Wildman–Crippen LogP) is 4.90. The number of anilines is 2. The fraction of sp³-hybridized carbons (Fsp3) is 0.227. The number of ether oxygens (including phenoxy) is 1. The first-order valence-corrected chi connectivity index (χ1v) is 9.96. The molecule has 3 aromatic rings. The molecule has 0 atom stereocenters. The van der Waals surface area contributed by atoms with Gasteiger partial charge in [-0.1, -0.05) is 36.3 Å². The topological polar surface area (TPSA) is 76.1 Å². The number of amides is 1. The molecule has 0 spiro atoms. The minimum Gasteiger partial charge on any atom is -0.444 e. The molecule has 0 aliphatic rings. The summed E-state index contributed by atoms with van der Waals surface area (Å²) < 4.78 is 5.26. The Hall–Kier alpha value is -3.37. The Bertz CT molecular complexity index is 1030. The van der Waals surface area contributed by atoms with Crippen molar-refractivity contribution in [3.63, 3.8) is 0 Å². The van der Waals surface area contributed by atoms with Crippen molar-refractivity contribution in [2.75, 3.05) is 10.6 Å². The van der Waals surface area contributed by atoms with E-state index in [1.807, 2.05) is 30.3 Å². The summed E-state index contributed by atoms with van der Waals surface area (Å²) in [5.41, 5.74) is 3.04. The van der Waals surface area contributed by atoms with Crippen molar-refractivity contribution in [1.29, 1.82) is 0 Å². The summed E-state index contributed by atoms with van der Waals surface area (Å²) in [5.74, 6) is 7.30. The normalized spacial score (nSPS) is 10.6. The first kappa shape index (κ1) is 20.4. The van der Waals surface area contributed by atoms with Crippen LogP contribution in [0.25, 0.3) is 0 Å². The quantitative estimate of drug-likeness (QED) is 0.603. The Labute approximate surface area is 174 Å². The van der Waals surface area contributed by atoms with Gasteiger partial charge in [0.1, 0.15) is 16.3 Å². The highest BCUT2D eigenvalue weighted by molar-refractivity contribution is 7.10. The van der Waals surface area contributed by atoms with E-state index in [1.54, 1.807) is 32.5 Å². The lowest BCUT2D eigenvalue weighted by Crippen LogP contribution is -2.27. The van der Waals surface area contributed by atoms with Crippen LogP contribution in [-0.4, -0.2) is 21.7 Å². The number of nitrogens with one attached hydrogen (secondary N) is 2. The van der Waals surface area contributed by atoms with Crippen LogP contribution in [0.15, 0.2) is 54.2 Å². The molecule has 0 saturated carbocycles. The molecule has 2 aromatic heterocycles. The van der Waals surface area contributed by atoms with Crippen LogP contribution in [0.3, 0.4) is 0 Å². The van der Waals surface area contributed by atoms with Crippen LogP contribution in [0.5, 0.6) is 0 Å². The van der Waals surface area contributed by atoms with Gasteiger partial charge in [-0.2, -0.15) is 0 Å². The zero-order valence-electron chi connectivity index (χ0n) is 16.5. The third kappa shape index (κ3) is 6.63. The molecule has 29 heavy (non-hydrogen) atoms. The van der Waals surface area contributed by atoms with Crippen LogP contribution in [0.2, 0.25) is 0 Å². The first-order valence-electron chi connectivity index (χ1n) is 9.08. The molecule has 1 amide bonds. The standard InChI is InChI=1S/C22H22N4O2S/c1-22(2,3)28-21(27)26-20-18(29-15-25-20)10-9-16-11-12-23-19(13-16)24-14-17-7-5-4-6-8-17/h4-8,11-13,15H,14H2,1-3H3,(H,23,24)(H,26,27). The molecule has 0 fully saturated rings. The van der Waals surface area contributed by atoms with E-state index >= 15 is 0 Å². The predicted molar refractivity (Wildman–Crippen MR) is 116 cm³/mol. The van der Waals surface area contributed by atoms with E-state index in [4.69, 9.17) is 4.74 Å². The maximum atomic E-state index is 12.0. The van der Waals surface area contributed by atoms with Crippen molar-refractivity contribution in [2.24, 2.45) is 0 Å². The third-order valence-electron chi connectivity index (χ3n) is 3.58. The molecule has 0 aliphatic carbocycles. The summed E-state index contributed by atoms with van der Waals surface area (Å²) in [7, 11) is 0. The highest BCUT2D eigenvalue weighted by Gasteiger charge is 2.17. The molecule has 3 rings (SSSR count). The van der Waals surface area contributed by atoms with E-state index in [0.717, 1.165) is 11.4 Å². The van der Waals surface area contributed by atoms with Crippen molar-refractivity contribution < 1.29 is 9.53 Å². The number of rotatable bonds is 4. The number of carbonyl (C=O) groups is 1. The van der Waals surface area contributed by atoms with Crippen LogP contribution < -0.4 is 10.6 Å². The van der Waals surface area contributed by atoms with E-state index < -0.39 is 11.7 Å². The molecule has 148 valence electrons. The van der Waals surface area contributed by atoms with Crippen LogP contribution in [0.1, 0.15) is 36.8 Å². The van der Waals surface area contributed by atoms with Crippen molar-refractivity contribution in [1.82, 2.24) is 9.97 Å². The molecule has 2 heterocycles. The van der Waals surface area contributed by atoms with Crippen molar-refractivity contribution in [3.8, 4) is 11.8 Å². The Morgan fingerprint density at radius 1 is 1.14 bits per heavy atom. The summed E-state index contributed by atoms with van der Waals surface area (Å²) in [6, 6.07) is 13.8. The number of pyridine rings is 1.